The zero-order chi connectivity index (χ0) is 13.2. The molecule has 2 N–H and O–H groups in total. The van der Waals surface area contributed by atoms with Crippen molar-refractivity contribution in [3.05, 3.63) is 0 Å². The first-order valence-corrected chi connectivity index (χ1v) is 7.82. The monoisotopic (exact) mass is 253 g/mol. The molecule has 0 bridgehead atoms. The quantitative estimate of drug-likeness (QED) is 0.834. The van der Waals surface area contributed by atoms with Crippen molar-refractivity contribution in [1.82, 2.24) is 0 Å². The molecule has 2 aliphatic rings. The highest BCUT2D eigenvalue weighted by atomic mass is 16.5. The van der Waals surface area contributed by atoms with E-state index in [0.29, 0.717) is 11.5 Å². The summed E-state index contributed by atoms with van der Waals surface area (Å²) in [6, 6.07) is 0.420. The summed E-state index contributed by atoms with van der Waals surface area (Å²) in [5.41, 5.74) is 6.84. The van der Waals surface area contributed by atoms with E-state index in [4.69, 9.17) is 10.5 Å². The third-order valence-corrected chi connectivity index (χ3v) is 5.32. The van der Waals surface area contributed by atoms with Crippen LogP contribution in [0.1, 0.15) is 59.3 Å². The normalized spacial score (nSPS) is 35.7. The second kappa shape index (κ2) is 5.92. The molecular formula is C16H31NO. The van der Waals surface area contributed by atoms with Gasteiger partial charge >= 0.3 is 0 Å². The van der Waals surface area contributed by atoms with Gasteiger partial charge in [-0.2, -0.15) is 0 Å². The Kier molecular flexibility index (Phi) is 4.71. The molecule has 2 fully saturated rings. The SMILES string of the molecule is CC1CCC(C(C)(C)CC2CCOCC2)C(N)C1. The van der Waals surface area contributed by atoms with E-state index < -0.39 is 0 Å². The van der Waals surface area contributed by atoms with Crippen molar-refractivity contribution in [1.29, 1.82) is 0 Å². The van der Waals surface area contributed by atoms with Gasteiger partial charge in [0.1, 0.15) is 0 Å². The molecule has 1 aliphatic carbocycles. The van der Waals surface area contributed by atoms with E-state index in [1.807, 2.05) is 0 Å². The Morgan fingerprint density at radius 2 is 1.78 bits per heavy atom. The van der Waals surface area contributed by atoms with E-state index in [2.05, 4.69) is 20.8 Å². The highest BCUT2D eigenvalue weighted by molar-refractivity contribution is 4.91. The van der Waals surface area contributed by atoms with Crippen molar-refractivity contribution in [3.8, 4) is 0 Å². The molecule has 0 aromatic carbocycles. The lowest BCUT2D eigenvalue weighted by molar-refractivity contribution is 0.0285. The minimum absolute atomic E-state index is 0.404. The Labute approximate surface area is 113 Å². The first-order chi connectivity index (χ1) is 8.49. The number of nitrogens with two attached hydrogens (primary N) is 1. The maximum Gasteiger partial charge on any atom is 0.0468 e. The molecular weight excluding hydrogens is 222 g/mol. The smallest absolute Gasteiger partial charge is 0.0468 e. The molecule has 1 aliphatic heterocycles. The summed E-state index contributed by atoms with van der Waals surface area (Å²) in [4.78, 5) is 0. The standard InChI is InChI=1S/C16H31NO/c1-12-4-5-14(15(17)10-12)16(2,3)11-13-6-8-18-9-7-13/h12-15H,4-11,17H2,1-3H3. The van der Waals surface area contributed by atoms with E-state index in [1.54, 1.807) is 0 Å². The predicted molar refractivity (Wildman–Crippen MR) is 76.4 cm³/mol. The minimum atomic E-state index is 0.404. The van der Waals surface area contributed by atoms with Crippen molar-refractivity contribution in [3.63, 3.8) is 0 Å². The summed E-state index contributed by atoms with van der Waals surface area (Å²) in [7, 11) is 0. The number of rotatable bonds is 3. The molecule has 3 unspecified atom stereocenters. The van der Waals surface area contributed by atoms with Crippen molar-refractivity contribution >= 4 is 0 Å². The van der Waals surface area contributed by atoms with Crippen LogP contribution in [0.3, 0.4) is 0 Å². The highest BCUT2D eigenvalue weighted by Gasteiger charge is 2.38. The van der Waals surface area contributed by atoms with Crippen LogP contribution in [-0.2, 0) is 4.74 Å². The fraction of sp³-hybridized carbons (Fsp3) is 1.00. The van der Waals surface area contributed by atoms with Crippen LogP contribution in [0.4, 0.5) is 0 Å². The van der Waals surface area contributed by atoms with Gasteiger partial charge in [0, 0.05) is 19.3 Å². The summed E-state index contributed by atoms with van der Waals surface area (Å²) in [5, 5.41) is 0. The predicted octanol–water partition coefficient (Wildman–Crippen LogP) is 3.59. The molecule has 2 heteroatoms. The molecule has 3 atom stereocenters. The maximum atomic E-state index is 6.44. The van der Waals surface area contributed by atoms with Crippen LogP contribution in [0, 0.1) is 23.2 Å². The van der Waals surface area contributed by atoms with Gasteiger partial charge in [-0.15, -0.1) is 0 Å². The van der Waals surface area contributed by atoms with E-state index in [0.717, 1.165) is 31.0 Å². The summed E-state index contributed by atoms with van der Waals surface area (Å²) < 4.78 is 5.47. The maximum absolute atomic E-state index is 6.44. The average Bonchev–Trinajstić information content (AvgIpc) is 2.29. The summed E-state index contributed by atoms with van der Waals surface area (Å²) in [6.07, 6.45) is 7.77. The van der Waals surface area contributed by atoms with Gasteiger partial charge in [-0.05, 0) is 55.3 Å². The number of ether oxygens (including phenoxy) is 1. The Balaban J connectivity index is 1.92. The summed E-state index contributed by atoms with van der Waals surface area (Å²) in [6.45, 7) is 9.18. The number of hydrogen-bond donors (Lipinski definition) is 1. The molecule has 106 valence electrons. The molecule has 0 spiro atoms. The largest absolute Gasteiger partial charge is 0.381 e. The van der Waals surface area contributed by atoms with Crippen molar-refractivity contribution in [2.75, 3.05) is 13.2 Å². The van der Waals surface area contributed by atoms with Crippen molar-refractivity contribution < 1.29 is 4.74 Å². The Morgan fingerprint density at radius 1 is 1.11 bits per heavy atom. The van der Waals surface area contributed by atoms with E-state index in [9.17, 15) is 0 Å². The molecule has 1 saturated carbocycles. The van der Waals surface area contributed by atoms with Gasteiger partial charge in [0.2, 0.25) is 0 Å². The minimum Gasteiger partial charge on any atom is -0.381 e. The van der Waals surface area contributed by atoms with Gasteiger partial charge in [0.15, 0.2) is 0 Å². The second-order valence-corrected chi connectivity index (χ2v) is 7.44. The third kappa shape index (κ3) is 3.48. The second-order valence-electron chi connectivity index (χ2n) is 7.44. The van der Waals surface area contributed by atoms with E-state index in [1.165, 1.54) is 38.5 Å². The van der Waals surface area contributed by atoms with E-state index in [-0.39, 0.29) is 0 Å². The molecule has 0 aromatic heterocycles. The Hall–Kier alpha value is -0.0800. The lowest BCUT2D eigenvalue weighted by Gasteiger charge is -2.44. The lowest BCUT2D eigenvalue weighted by Crippen LogP contribution is -2.44. The summed E-state index contributed by atoms with van der Waals surface area (Å²) >= 11 is 0. The summed E-state index contributed by atoms with van der Waals surface area (Å²) in [5.74, 6) is 2.41. The van der Waals surface area contributed by atoms with Crippen LogP contribution in [0.5, 0.6) is 0 Å². The lowest BCUT2D eigenvalue weighted by atomic mass is 9.63. The van der Waals surface area contributed by atoms with Gasteiger partial charge in [0.05, 0.1) is 0 Å². The Bertz CT molecular complexity index is 258. The van der Waals surface area contributed by atoms with Gasteiger partial charge < -0.3 is 10.5 Å². The van der Waals surface area contributed by atoms with Crippen LogP contribution in [0.15, 0.2) is 0 Å². The molecule has 2 rings (SSSR count). The average molecular weight is 253 g/mol. The molecule has 0 aromatic rings. The molecule has 18 heavy (non-hydrogen) atoms. The highest BCUT2D eigenvalue weighted by Crippen LogP contribution is 2.44. The topological polar surface area (TPSA) is 35.2 Å². The Morgan fingerprint density at radius 3 is 2.39 bits per heavy atom. The van der Waals surface area contributed by atoms with E-state index >= 15 is 0 Å². The van der Waals surface area contributed by atoms with Crippen LogP contribution in [-0.4, -0.2) is 19.3 Å². The molecule has 0 amide bonds. The van der Waals surface area contributed by atoms with Crippen LogP contribution in [0.2, 0.25) is 0 Å². The third-order valence-electron chi connectivity index (χ3n) is 5.32. The fourth-order valence-corrected chi connectivity index (χ4v) is 4.24. The van der Waals surface area contributed by atoms with Crippen molar-refractivity contribution in [2.45, 2.75) is 65.3 Å². The van der Waals surface area contributed by atoms with Crippen LogP contribution in [0.25, 0.3) is 0 Å². The molecule has 1 saturated heterocycles. The first-order valence-electron chi connectivity index (χ1n) is 7.82. The molecule has 1 heterocycles. The molecule has 0 radical (unpaired) electrons. The zero-order valence-electron chi connectivity index (χ0n) is 12.5. The van der Waals surface area contributed by atoms with Gasteiger partial charge in [-0.3, -0.25) is 0 Å². The number of hydrogen-bond acceptors (Lipinski definition) is 2. The first kappa shape index (κ1) is 14.3. The van der Waals surface area contributed by atoms with Gasteiger partial charge in [-0.1, -0.05) is 27.2 Å². The van der Waals surface area contributed by atoms with Gasteiger partial charge in [0.25, 0.3) is 0 Å². The van der Waals surface area contributed by atoms with Crippen molar-refractivity contribution in [2.24, 2.45) is 28.9 Å². The van der Waals surface area contributed by atoms with Gasteiger partial charge in [-0.25, -0.2) is 0 Å². The van der Waals surface area contributed by atoms with Crippen LogP contribution < -0.4 is 5.73 Å². The van der Waals surface area contributed by atoms with Crippen LogP contribution >= 0.6 is 0 Å². The fourth-order valence-electron chi connectivity index (χ4n) is 4.24. The molecule has 2 nitrogen and oxygen atoms in total. The zero-order valence-corrected chi connectivity index (χ0v) is 12.5.